The van der Waals surface area contributed by atoms with Crippen molar-refractivity contribution in [3.63, 3.8) is 0 Å². The van der Waals surface area contributed by atoms with Gasteiger partial charge in [-0.25, -0.2) is 8.78 Å². The van der Waals surface area contributed by atoms with E-state index in [1.54, 1.807) is 22.6 Å². The maximum absolute atomic E-state index is 12.3. The number of carbonyl (C=O) groups excluding carboxylic acids is 1. The zero-order valence-electron chi connectivity index (χ0n) is 6.10. The van der Waals surface area contributed by atoms with Crippen LogP contribution >= 0.6 is 38.5 Å². The highest BCUT2D eigenvalue weighted by molar-refractivity contribution is 14.1. The monoisotopic (exact) mass is 361 g/mol. The Morgan fingerprint density at radius 3 is 2.69 bits per heavy atom. The van der Waals surface area contributed by atoms with Gasteiger partial charge >= 0.3 is 0 Å². The smallest absolute Gasteiger partial charge is 0.281 e. The van der Waals surface area contributed by atoms with Gasteiger partial charge in [-0.2, -0.15) is 0 Å². The molecule has 70 valence electrons. The molecular formula is C7H3BrF2INO. The van der Waals surface area contributed by atoms with Crippen molar-refractivity contribution < 1.29 is 13.6 Å². The lowest BCUT2D eigenvalue weighted by atomic mass is 10.2. The predicted molar refractivity (Wildman–Crippen MR) is 55.0 cm³/mol. The van der Waals surface area contributed by atoms with Gasteiger partial charge in [-0.3, -0.25) is 9.78 Å². The molecule has 0 saturated heterocycles. The molecule has 0 unspecified atom stereocenters. The van der Waals surface area contributed by atoms with E-state index in [1.807, 2.05) is 0 Å². The van der Waals surface area contributed by atoms with Gasteiger partial charge in [0.1, 0.15) is 5.69 Å². The Morgan fingerprint density at radius 1 is 1.62 bits per heavy atom. The van der Waals surface area contributed by atoms with Gasteiger partial charge in [0.05, 0.1) is 3.57 Å². The molecule has 0 saturated carbocycles. The summed E-state index contributed by atoms with van der Waals surface area (Å²) >= 11 is 4.73. The third-order valence-electron chi connectivity index (χ3n) is 1.36. The molecule has 13 heavy (non-hydrogen) atoms. The Labute approximate surface area is 95.0 Å². The van der Waals surface area contributed by atoms with Gasteiger partial charge in [-0.1, -0.05) is 0 Å². The largest absolute Gasteiger partial charge is 0.298 e. The predicted octanol–water partition coefficient (Wildman–Crippen LogP) is 3.20. The molecule has 0 N–H and O–H groups in total. The molecule has 1 heterocycles. The maximum atomic E-state index is 12.3. The Morgan fingerprint density at radius 2 is 2.23 bits per heavy atom. The number of pyridine rings is 1. The van der Waals surface area contributed by atoms with E-state index in [0.717, 1.165) is 0 Å². The van der Waals surface area contributed by atoms with Crippen molar-refractivity contribution in [1.29, 1.82) is 0 Å². The lowest BCUT2D eigenvalue weighted by Crippen LogP contribution is -1.99. The van der Waals surface area contributed by atoms with Gasteiger partial charge < -0.3 is 0 Å². The minimum atomic E-state index is -2.65. The summed E-state index contributed by atoms with van der Waals surface area (Å²) in [6.45, 7) is 0. The number of carbonyl (C=O) groups is 1. The van der Waals surface area contributed by atoms with Crippen LogP contribution in [0.5, 0.6) is 0 Å². The molecule has 2 nitrogen and oxygen atoms in total. The van der Waals surface area contributed by atoms with Crippen LogP contribution in [-0.4, -0.2) is 11.3 Å². The number of nitrogens with zero attached hydrogens (tertiary/aromatic N) is 1. The molecule has 0 bridgehead atoms. The number of hydrogen-bond acceptors (Lipinski definition) is 2. The van der Waals surface area contributed by atoms with Crippen LogP contribution in [-0.2, 0) is 0 Å². The lowest BCUT2D eigenvalue weighted by molar-refractivity contribution is 0.112. The average Bonchev–Trinajstić information content (AvgIpc) is 2.04. The summed E-state index contributed by atoms with van der Waals surface area (Å²) in [6, 6.07) is 0. The molecule has 1 aromatic rings. The van der Waals surface area contributed by atoms with E-state index in [9.17, 15) is 13.6 Å². The van der Waals surface area contributed by atoms with Gasteiger partial charge in [0, 0.05) is 16.2 Å². The molecule has 1 aromatic heterocycles. The highest BCUT2D eigenvalue weighted by Gasteiger charge is 2.17. The summed E-state index contributed by atoms with van der Waals surface area (Å²) in [5, 5.41) is 0. The van der Waals surface area contributed by atoms with Crippen molar-refractivity contribution >= 4 is 44.8 Å². The second-order valence-electron chi connectivity index (χ2n) is 2.14. The summed E-state index contributed by atoms with van der Waals surface area (Å²) in [6.07, 6.45) is -0.925. The number of hydrogen-bond donors (Lipinski definition) is 0. The van der Waals surface area contributed by atoms with Crippen LogP contribution in [0.3, 0.4) is 0 Å². The first-order chi connectivity index (χ1) is 6.07. The first-order valence-electron chi connectivity index (χ1n) is 3.15. The van der Waals surface area contributed by atoms with Crippen molar-refractivity contribution in [2.75, 3.05) is 0 Å². The van der Waals surface area contributed by atoms with Crippen molar-refractivity contribution in [3.8, 4) is 0 Å². The fraction of sp³-hybridized carbons (Fsp3) is 0.143. The highest BCUT2D eigenvalue weighted by atomic mass is 127. The van der Waals surface area contributed by atoms with E-state index in [4.69, 9.17) is 0 Å². The fourth-order valence-electron chi connectivity index (χ4n) is 0.755. The molecule has 0 atom stereocenters. The van der Waals surface area contributed by atoms with Gasteiger partial charge in [0.15, 0.2) is 6.29 Å². The minimum Gasteiger partial charge on any atom is -0.298 e. The summed E-state index contributed by atoms with van der Waals surface area (Å²) < 4.78 is 25.2. The van der Waals surface area contributed by atoms with Gasteiger partial charge in [0.25, 0.3) is 6.43 Å². The van der Waals surface area contributed by atoms with Crippen molar-refractivity contribution in [2.24, 2.45) is 0 Å². The zero-order valence-corrected chi connectivity index (χ0v) is 9.84. The second kappa shape index (κ2) is 4.41. The molecule has 0 aliphatic carbocycles. The minimum absolute atomic E-state index is 0.192. The van der Waals surface area contributed by atoms with Crippen LogP contribution in [0.2, 0.25) is 0 Å². The zero-order chi connectivity index (χ0) is 10.0. The molecule has 1 rings (SSSR count). The van der Waals surface area contributed by atoms with E-state index in [2.05, 4.69) is 20.9 Å². The van der Waals surface area contributed by atoms with E-state index >= 15 is 0 Å². The van der Waals surface area contributed by atoms with Crippen LogP contribution in [0, 0.1) is 3.57 Å². The number of alkyl halides is 2. The Kier molecular flexibility index (Phi) is 3.72. The Hall–Kier alpha value is -0.110. The molecule has 6 heteroatoms. The van der Waals surface area contributed by atoms with Crippen LogP contribution in [0.15, 0.2) is 10.7 Å². The molecular weight excluding hydrogens is 359 g/mol. The van der Waals surface area contributed by atoms with Crippen molar-refractivity contribution in [3.05, 3.63) is 25.5 Å². The van der Waals surface area contributed by atoms with Gasteiger partial charge in [-0.15, -0.1) is 0 Å². The Bertz CT molecular complexity index is 346. The van der Waals surface area contributed by atoms with E-state index in [0.29, 0.717) is 10.8 Å². The maximum Gasteiger partial charge on any atom is 0.281 e. The van der Waals surface area contributed by atoms with E-state index < -0.39 is 6.43 Å². The topological polar surface area (TPSA) is 30.0 Å². The summed E-state index contributed by atoms with van der Waals surface area (Å²) in [5.74, 6) is 0. The number of rotatable bonds is 2. The number of aldehydes is 1. The van der Waals surface area contributed by atoms with Crippen LogP contribution in [0.4, 0.5) is 8.78 Å². The van der Waals surface area contributed by atoms with Crippen LogP contribution in [0.1, 0.15) is 22.5 Å². The standard InChI is InChI=1S/C7H3BrF2INO/c8-4-1-12-6(7(9)10)5(11)3(4)2-13/h1-2,7H. The lowest BCUT2D eigenvalue weighted by Gasteiger charge is -2.05. The average molecular weight is 362 g/mol. The van der Waals surface area contributed by atoms with Gasteiger partial charge in [0.2, 0.25) is 0 Å². The molecule has 0 amide bonds. The quantitative estimate of drug-likeness (QED) is 0.598. The molecule has 0 aliphatic heterocycles. The summed E-state index contributed by atoms with van der Waals surface area (Å²) in [5.41, 5.74) is -0.142. The number of halogens is 4. The molecule has 0 aromatic carbocycles. The first kappa shape index (κ1) is 11.0. The second-order valence-corrected chi connectivity index (χ2v) is 4.07. The third-order valence-corrected chi connectivity index (χ3v) is 3.13. The normalized spacial score (nSPS) is 10.5. The molecule has 0 aliphatic rings. The van der Waals surface area contributed by atoms with Crippen molar-refractivity contribution in [2.45, 2.75) is 6.43 Å². The van der Waals surface area contributed by atoms with Gasteiger partial charge in [-0.05, 0) is 38.5 Å². The Balaban J connectivity index is 3.35. The number of aromatic nitrogens is 1. The van der Waals surface area contributed by atoms with Crippen LogP contribution in [0.25, 0.3) is 0 Å². The third kappa shape index (κ3) is 2.22. The van der Waals surface area contributed by atoms with Crippen molar-refractivity contribution in [1.82, 2.24) is 4.98 Å². The highest BCUT2D eigenvalue weighted by Crippen LogP contribution is 2.28. The summed E-state index contributed by atoms with van der Waals surface area (Å²) in [4.78, 5) is 14.0. The van der Waals surface area contributed by atoms with E-state index in [-0.39, 0.29) is 14.8 Å². The molecule has 0 radical (unpaired) electrons. The van der Waals surface area contributed by atoms with Crippen LogP contribution < -0.4 is 0 Å². The van der Waals surface area contributed by atoms with E-state index in [1.165, 1.54) is 6.20 Å². The molecule has 0 fully saturated rings. The SMILES string of the molecule is O=Cc1c(Br)cnc(C(F)F)c1I. The first-order valence-corrected chi connectivity index (χ1v) is 5.02. The summed E-state index contributed by atoms with van der Waals surface area (Å²) in [7, 11) is 0. The fourth-order valence-corrected chi connectivity index (χ4v) is 2.31. The molecule has 0 spiro atoms.